The highest BCUT2D eigenvalue weighted by molar-refractivity contribution is 7.97. The molecule has 1 aromatic carbocycles. The number of benzene rings is 1. The molecule has 0 atom stereocenters. The normalized spacial score (nSPS) is 10.4. The van der Waals surface area contributed by atoms with E-state index in [4.69, 9.17) is 10.9 Å². The van der Waals surface area contributed by atoms with E-state index in [1.165, 1.54) is 11.9 Å². The van der Waals surface area contributed by atoms with Gasteiger partial charge in [-0.25, -0.2) is 15.0 Å². The molecule has 7 heteroatoms. The van der Waals surface area contributed by atoms with Gasteiger partial charge in [0.2, 0.25) is 0 Å². The van der Waals surface area contributed by atoms with Crippen molar-refractivity contribution in [3.8, 4) is 11.8 Å². The van der Waals surface area contributed by atoms with Crippen molar-refractivity contribution in [3.05, 3.63) is 77.9 Å². The van der Waals surface area contributed by atoms with Gasteiger partial charge in [0.1, 0.15) is 17.3 Å². The average Bonchev–Trinajstić information content (AvgIpc) is 2.74. The maximum Gasteiger partial charge on any atom is 0.139 e. The van der Waals surface area contributed by atoms with Crippen molar-refractivity contribution in [2.24, 2.45) is 5.14 Å². The molecule has 29 heavy (non-hydrogen) atoms. The minimum Gasteiger partial charge on any atom is -0.383 e. The first-order valence-electron chi connectivity index (χ1n) is 8.86. The van der Waals surface area contributed by atoms with Gasteiger partial charge >= 0.3 is 0 Å². The SMILES string of the molecule is Cc1cc(SN)ccc1Nc1cc2c(C#Cc3cccnc3N)nccc2cn1. The lowest BCUT2D eigenvalue weighted by molar-refractivity contribution is 1.28. The van der Waals surface area contributed by atoms with Gasteiger partial charge < -0.3 is 11.1 Å². The van der Waals surface area contributed by atoms with Crippen molar-refractivity contribution in [3.63, 3.8) is 0 Å². The van der Waals surface area contributed by atoms with Crippen LogP contribution < -0.4 is 16.2 Å². The number of hydrogen-bond acceptors (Lipinski definition) is 7. The Morgan fingerprint density at radius 3 is 2.69 bits per heavy atom. The van der Waals surface area contributed by atoms with Gasteiger partial charge in [-0.3, -0.25) is 5.14 Å². The molecule has 0 saturated heterocycles. The van der Waals surface area contributed by atoms with Gasteiger partial charge in [0.05, 0.1) is 5.56 Å². The number of rotatable bonds is 3. The summed E-state index contributed by atoms with van der Waals surface area (Å²) in [5, 5.41) is 10.9. The molecular formula is C22H18N6S. The zero-order valence-corrected chi connectivity index (χ0v) is 16.5. The Bertz CT molecular complexity index is 1260. The molecule has 4 aromatic rings. The fraction of sp³-hybridized carbons (Fsp3) is 0.0455. The van der Waals surface area contributed by atoms with Gasteiger partial charge in [-0.2, -0.15) is 0 Å². The number of fused-ring (bicyclic) bond motifs is 1. The number of aryl methyl sites for hydroxylation is 1. The molecule has 0 amide bonds. The summed E-state index contributed by atoms with van der Waals surface area (Å²) < 4.78 is 0. The average molecular weight is 398 g/mol. The predicted octanol–water partition coefficient (Wildman–Crippen LogP) is 4.02. The number of nitrogen functional groups attached to an aromatic ring is 1. The van der Waals surface area contributed by atoms with E-state index in [-0.39, 0.29) is 0 Å². The Kier molecular flexibility index (Phi) is 5.29. The lowest BCUT2D eigenvalue weighted by Gasteiger charge is -2.11. The van der Waals surface area contributed by atoms with E-state index >= 15 is 0 Å². The van der Waals surface area contributed by atoms with Gasteiger partial charge in [0.25, 0.3) is 0 Å². The van der Waals surface area contributed by atoms with Crippen LogP contribution in [-0.2, 0) is 0 Å². The quantitative estimate of drug-likeness (QED) is 0.354. The number of nitrogens with zero attached hydrogens (tertiary/aromatic N) is 3. The summed E-state index contributed by atoms with van der Waals surface area (Å²) >= 11 is 1.23. The Hall–Kier alpha value is -3.60. The van der Waals surface area contributed by atoms with Gasteiger partial charge in [0, 0.05) is 39.9 Å². The highest BCUT2D eigenvalue weighted by Gasteiger charge is 2.06. The molecule has 0 bridgehead atoms. The first kappa shape index (κ1) is 18.7. The van der Waals surface area contributed by atoms with E-state index in [0.717, 1.165) is 26.9 Å². The molecule has 4 rings (SSSR count). The Morgan fingerprint density at radius 1 is 1.00 bits per heavy atom. The highest BCUT2D eigenvalue weighted by Crippen LogP contribution is 2.26. The smallest absolute Gasteiger partial charge is 0.139 e. The van der Waals surface area contributed by atoms with Crippen LogP contribution in [0.2, 0.25) is 0 Å². The second-order valence-electron chi connectivity index (χ2n) is 6.36. The Balaban J connectivity index is 1.71. The molecule has 3 aromatic heterocycles. The first-order chi connectivity index (χ1) is 14.1. The van der Waals surface area contributed by atoms with Crippen LogP contribution in [0.3, 0.4) is 0 Å². The van der Waals surface area contributed by atoms with E-state index in [0.29, 0.717) is 22.9 Å². The van der Waals surface area contributed by atoms with Crippen LogP contribution in [0, 0.1) is 18.8 Å². The maximum atomic E-state index is 5.88. The predicted molar refractivity (Wildman–Crippen MR) is 119 cm³/mol. The Morgan fingerprint density at radius 2 is 1.90 bits per heavy atom. The second-order valence-corrected chi connectivity index (χ2v) is 7.06. The molecule has 0 unspecified atom stereocenters. The molecule has 3 heterocycles. The molecule has 0 aliphatic rings. The van der Waals surface area contributed by atoms with Gasteiger partial charge in [-0.05, 0) is 72.8 Å². The number of aromatic nitrogens is 3. The number of pyridine rings is 3. The lowest BCUT2D eigenvalue weighted by Crippen LogP contribution is -1.97. The molecule has 0 aliphatic heterocycles. The van der Waals surface area contributed by atoms with Gasteiger partial charge in [-0.15, -0.1) is 0 Å². The third-order valence-corrected chi connectivity index (χ3v) is 4.92. The standard InChI is InChI=1S/C22H18N6S/c1-14-11-17(29-24)5-7-19(14)28-21-12-18-16(13-27-21)8-10-25-20(18)6-4-15-3-2-9-26-22(15)23/h2-3,5,7-13H,24H2,1H3,(H2,23,26)(H,27,28). The van der Waals surface area contributed by atoms with Crippen molar-refractivity contribution in [2.75, 3.05) is 11.1 Å². The zero-order valence-electron chi connectivity index (χ0n) is 15.7. The summed E-state index contributed by atoms with van der Waals surface area (Å²) in [4.78, 5) is 14.0. The number of nitrogens with two attached hydrogens (primary N) is 2. The third kappa shape index (κ3) is 4.14. The molecule has 0 radical (unpaired) electrons. The number of anilines is 3. The van der Waals surface area contributed by atoms with Crippen LogP contribution in [-0.4, -0.2) is 15.0 Å². The summed E-state index contributed by atoms with van der Waals surface area (Å²) in [6.07, 6.45) is 5.17. The Labute approximate surface area is 172 Å². The van der Waals surface area contributed by atoms with Crippen LogP contribution in [0.1, 0.15) is 16.8 Å². The maximum absolute atomic E-state index is 5.88. The molecule has 0 spiro atoms. The fourth-order valence-electron chi connectivity index (χ4n) is 2.87. The van der Waals surface area contributed by atoms with E-state index in [9.17, 15) is 0 Å². The van der Waals surface area contributed by atoms with E-state index in [2.05, 4.69) is 32.1 Å². The second kappa shape index (κ2) is 8.19. The van der Waals surface area contributed by atoms with Gasteiger partial charge in [0.15, 0.2) is 0 Å². The summed E-state index contributed by atoms with van der Waals surface area (Å²) in [5.74, 6) is 7.28. The first-order valence-corrected chi connectivity index (χ1v) is 9.73. The third-order valence-electron chi connectivity index (χ3n) is 4.40. The minimum absolute atomic E-state index is 0.402. The van der Waals surface area contributed by atoms with Gasteiger partial charge in [-0.1, -0.05) is 5.92 Å². The fourth-order valence-corrected chi connectivity index (χ4v) is 3.26. The lowest BCUT2D eigenvalue weighted by atomic mass is 10.1. The van der Waals surface area contributed by atoms with E-state index in [1.807, 2.05) is 49.5 Å². The van der Waals surface area contributed by atoms with Crippen LogP contribution >= 0.6 is 11.9 Å². The van der Waals surface area contributed by atoms with Crippen LogP contribution in [0.25, 0.3) is 10.8 Å². The largest absolute Gasteiger partial charge is 0.383 e. The summed E-state index contributed by atoms with van der Waals surface area (Å²) in [7, 11) is 0. The van der Waals surface area contributed by atoms with Crippen molar-refractivity contribution in [1.29, 1.82) is 0 Å². The number of nitrogens with one attached hydrogen (secondary N) is 1. The van der Waals surface area contributed by atoms with E-state index < -0.39 is 0 Å². The summed E-state index contributed by atoms with van der Waals surface area (Å²) in [5.41, 5.74) is 9.26. The molecule has 5 N–H and O–H groups in total. The van der Waals surface area contributed by atoms with Crippen molar-refractivity contribution >= 4 is 40.0 Å². The van der Waals surface area contributed by atoms with Crippen LogP contribution in [0.5, 0.6) is 0 Å². The monoisotopic (exact) mass is 398 g/mol. The van der Waals surface area contributed by atoms with Crippen molar-refractivity contribution < 1.29 is 0 Å². The molecule has 0 fully saturated rings. The summed E-state index contributed by atoms with van der Waals surface area (Å²) in [6.45, 7) is 2.03. The zero-order chi connectivity index (χ0) is 20.2. The van der Waals surface area contributed by atoms with Crippen LogP contribution in [0.4, 0.5) is 17.3 Å². The topological polar surface area (TPSA) is 103 Å². The number of hydrogen-bond donors (Lipinski definition) is 3. The van der Waals surface area contributed by atoms with E-state index in [1.54, 1.807) is 18.5 Å². The molecule has 0 saturated carbocycles. The van der Waals surface area contributed by atoms with Crippen LogP contribution in [0.15, 0.2) is 66.0 Å². The van der Waals surface area contributed by atoms with Crippen molar-refractivity contribution in [2.45, 2.75) is 11.8 Å². The highest BCUT2D eigenvalue weighted by atomic mass is 32.2. The molecule has 0 aliphatic carbocycles. The summed E-state index contributed by atoms with van der Waals surface area (Å²) in [6, 6.07) is 13.5. The molecule has 142 valence electrons. The van der Waals surface area contributed by atoms with Crippen molar-refractivity contribution in [1.82, 2.24) is 15.0 Å². The minimum atomic E-state index is 0.402. The molecular weight excluding hydrogens is 380 g/mol. The molecule has 6 nitrogen and oxygen atoms in total.